The van der Waals surface area contributed by atoms with E-state index in [1.165, 1.54) is 7.11 Å². The minimum Gasteiger partial charge on any atom is -0.465 e. The molecule has 0 radical (unpaired) electrons. The van der Waals surface area contributed by atoms with Gasteiger partial charge in [-0.05, 0) is 55.0 Å². The van der Waals surface area contributed by atoms with Crippen LogP contribution in [0.2, 0.25) is 0 Å². The van der Waals surface area contributed by atoms with Crippen molar-refractivity contribution in [2.24, 2.45) is 0 Å². The molecule has 1 fully saturated rings. The smallest absolute Gasteiger partial charge is 0.337 e. The maximum absolute atomic E-state index is 11.9. The minimum absolute atomic E-state index is 0.0732. The highest BCUT2D eigenvalue weighted by Gasteiger charge is 2.41. The van der Waals surface area contributed by atoms with E-state index in [0.29, 0.717) is 29.4 Å². The lowest BCUT2D eigenvalue weighted by molar-refractivity contribution is 0.0601. The van der Waals surface area contributed by atoms with E-state index in [1.54, 1.807) is 24.4 Å². The molecule has 31 heavy (non-hydrogen) atoms. The van der Waals surface area contributed by atoms with Crippen LogP contribution >= 0.6 is 12.2 Å². The van der Waals surface area contributed by atoms with Crippen LogP contribution in [0.4, 0.5) is 0 Å². The van der Waals surface area contributed by atoms with Gasteiger partial charge in [0.2, 0.25) is 0 Å². The molecule has 0 bridgehead atoms. The first-order valence-corrected chi connectivity index (χ1v) is 10.4. The van der Waals surface area contributed by atoms with Crippen LogP contribution in [0.3, 0.4) is 0 Å². The second-order valence-corrected chi connectivity index (χ2v) is 7.56. The molecule has 2 N–H and O–H groups in total. The number of benzene rings is 1. The molecular formula is C23H23N3O4S. The number of rotatable bonds is 7. The van der Waals surface area contributed by atoms with Gasteiger partial charge in [-0.25, -0.2) is 4.79 Å². The van der Waals surface area contributed by atoms with Crippen LogP contribution in [0, 0.1) is 0 Å². The van der Waals surface area contributed by atoms with Crippen molar-refractivity contribution in [3.8, 4) is 11.3 Å². The van der Waals surface area contributed by atoms with Gasteiger partial charge in [-0.15, -0.1) is 0 Å². The molecular weight excluding hydrogens is 414 g/mol. The molecule has 0 unspecified atom stereocenters. The zero-order valence-corrected chi connectivity index (χ0v) is 17.8. The molecule has 0 spiro atoms. The zero-order valence-electron chi connectivity index (χ0n) is 17.0. The number of pyridine rings is 1. The molecule has 0 amide bonds. The van der Waals surface area contributed by atoms with Crippen LogP contribution in [0.5, 0.6) is 0 Å². The monoisotopic (exact) mass is 437 g/mol. The van der Waals surface area contributed by atoms with E-state index in [4.69, 9.17) is 21.4 Å². The van der Waals surface area contributed by atoms with E-state index in [-0.39, 0.29) is 18.7 Å². The molecule has 2 atom stereocenters. The Morgan fingerprint density at radius 3 is 2.87 bits per heavy atom. The van der Waals surface area contributed by atoms with Gasteiger partial charge >= 0.3 is 5.97 Å². The number of nitrogens with one attached hydrogen (secondary N) is 1. The van der Waals surface area contributed by atoms with Crippen molar-refractivity contribution >= 4 is 23.3 Å². The number of aromatic nitrogens is 1. The summed E-state index contributed by atoms with van der Waals surface area (Å²) in [5.41, 5.74) is 2.09. The number of ether oxygens (including phenoxy) is 1. The summed E-state index contributed by atoms with van der Waals surface area (Å²) in [5, 5.41) is 13.3. The number of hydrogen-bond acceptors (Lipinski definition) is 6. The molecule has 3 heterocycles. The molecule has 4 rings (SSSR count). The zero-order chi connectivity index (χ0) is 21.8. The Hall–Kier alpha value is -3.23. The van der Waals surface area contributed by atoms with Gasteiger partial charge in [0.1, 0.15) is 17.6 Å². The van der Waals surface area contributed by atoms with Gasteiger partial charge in [0.15, 0.2) is 5.11 Å². The summed E-state index contributed by atoms with van der Waals surface area (Å²) in [7, 11) is 1.36. The van der Waals surface area contributed by atoms with Gasteiger partial charge in [-0.3, -0.25) is 4.98 Å². The van der Waals surface area contributed by atoms with Crippen molar-refractivity contribution in [2.75, 3.05) is 20.3 Å². The number of thiocarbonyl (C=S) groups is 1. The van der Waals surface area contributed by atoms with E-state index in [2.05, 4.69) is 10.3 Å². The maximum Gasteiger partial charge on any atom is 0.337 e. The fraction of sp³-hybridized carbons (Fsp3) is 0.261. The molecule has 0 aliphatic carbocycles. The number of hydrogen-bond donors (Lipinski definition) is 2. The highest BCUT2D eigenvalue weighted by atomic mass is 32.1. The number of carbonyl (C=O) groups excluding carboxylic acids is 1. The standard InChI is InChI=1S/C23H23N3O4S/c1-29-22(28)16-7-4-6-15(14-16)18-9-10-19(30-18)21-20(17-8-2-3-11-24-17)25-23(31)26(21)12-5-13-27/h2-4,6-11,14,20-21,27H,5,12-13H2,1H3,(H,25,31)/t20-,21-/m0/s1. The summed E-state index contributed by atoms with van der Waals surface area (Å²) in [5.74, 6) is 0.962. The van der Waals surface area contributed by atoms with Gasteiger partial charge in [-0.1, -0.05) is 18.2 Å². The number of methoxy groups -OCH3 is 1. The minimum atomic E-state index is -0.399. The number of aliphatic hydroxyl groups is 1. The quantitative estimate of drug-likeness (QED) is 0.429. The van der Waals surface area contributed by atoms with Crippen LogP contribution < -0.4 is 5.32 Å². The second-order valence-electron chi connectivity index (χ2n) is 7.17. The average molecular weight is 438 g/mol. The van der Waals surface area contributed by atoms with Crippen LogP contribution in [-0.4, -0.2) is 46.3 Å². The Labute approximate surface area is 185 Å². The Kier molecular flexibility index (Phi) is 6.29. The number of esters is 1. The average Bonchev–Trinajstić information content (AvgIpc) is 3.42. The highest BCUT2D eigenvalue weighted by Crippen LogP contribution is 2.40. The highest BCUT2D eigenvalue weighted by molar-refractivity contribution is 7.80. The largest absolute Gasteiger partial charge is 0.465 e. The Morgan fingerprint density at radius 2 is 2.13 bits per heavy atom. The summed E-state index contributed by atoms with van der Waals surface area (Å²) in [4.78, 5) is 18.4. The Bertz CT molecular complexity index is 1070. The first-order chi connectivity index (χ1) is 15.1. The van der Waals surface area contributed by atoms with Gasteiger partial charge in [0.25, 0.3) is 0 Å². The molecule has 1 aromatic carbocycles. The Balaban J connectivity index is 1.69. The molecule has 2 aromatic heterocycles. The van der Waals surface area contributed by atoms with E-state index in [9.17, 15) is 9.90 Å². The normalized spacial score (nSPS) is 18.1. The van der Waals surface area contributed by atoms with E-state index >= 15 is 0 Å². The maximum atomic E-state index is 11.9. The van der Waals surface area contributed by atoms with Crippen molar-refractivity contribution in [1.29, 1.82) is 0 Å². The predicted octanol–water partition coefficient (Wildman–Crippen LogP) is 3.48. The lowest BCUT2D eigenvalue weighted by atomic mass is 10.0. The topological polar surface area (TPSA) is 87.8 Å². The molecule has 0 saturated carbocycles. The summed E-state index contributed by atoms with van der Waals surface area (Å²) in [6, 6.07) is 16.3. The SMILES string of the molecule is COC(=O)c1cccc(-c2ccc([C@H]3[C@H](c4ccccn4)NC(=S)N3CCCO)o2)c1. The third-order valence-corrected chi connectivity index (χ3v) is 5.59. The van der Waals surface area contributed by atoms with E-state index in [1.807, 2.05) is 41.3 Å². The molecule has 1 aliphatic rings. The number of carbonyl (C=O) groups is 1. The molecule has 8 heteroatoms. The third-order valence-electron chi connectivity index (χ3n) is 5.24. The third kappa shape index (κ3) is 4.30. The van der Waals surface area contributed by atoms with Crippen LogP contribution in [0.1, 0.15) is 40.3 Å². The van der Waals surface area contributed by atoms with Crippen molar-refractivity contribution in [2.45, 2.75) is 18.5 Å². The van der Waals surface area contributed by atoms with Gasteiger partial charge in [-0.2, -0.15) is 0 Å². The van der Waals surface area contributed by atoms with Crippen molar-refractivity contribution in [3.63, 3.8) is 0 Å². The van der Waals surface area contributed by atoms with Crippen LogP contribution in [0.15, 0.2) is 65.2 Å². The van der Waals surface area contributed by atoms with E-state index in [0.717, 1.165) is 17.0 Å². The van der Waals surface area contributed by atoms with Crippen molar-refractivity contribution in [3.05, 3.63) is 77.8 Å². The molecule has 1 saturated heterocycles. The molecule has 160 valence electrons. The second kappa shape index (κ2) is 9.28. The fourth-order valence-corrected chi connectivity index (χ4v) is 4.11. The first-order valence-electron chi connectivity index (χ1n) is 10.00. The molecule has 3 aromatic rings. The number of nitrogens with zero attached hydrogens (tertiary/aromatic N) is 2. The van der Waals surface area contributed by atoms with Crippen molar-refractivity contribution < 1.29 is 19.1 Å². The summed E-state index contributed by atoms with van der Waals surface area (Å²) < 4.78 is 11.1. The van der Waals surface area contributed by atoms with Crippen LogP contribution in [0.25, 0.3) is 11.3 Å². The lowest BCUT2D eigenvalue weighted by Crippen LogP contribution is -2.30. The number of aliphatic hydroxyl groups excluding tert-OH is 1. The summed E-state index contributed by atoms with van der Waals surface area (Å²) in [6.45, 7) is 0.661. The lowest BCUT2D eigenvalue weighted by Gasteiger charge is -2.25. The predicted molar refractivity (Wildman–Crippen MR) is 119 cm³/mol. The Morgan fingerprint density at radius 1 is 1.26 bits per heavy atom. The van der Waals surface area contributed by atoms with Gasteiger partial charge in [0, 0.05) is 24.9 Å². The fourth-order valence-electron chi connectivity index (χ4n) is 3.78. The first kappa shape index (κ1) is 21.0. The summed E-state index contributed by atoms with van der Waals surface area (Å²) in [6.07, 6.45) is 2.33. The van der Waals surface area contributed by atoms with Gasteiger partial charge in [0.05, 0.1) is 24.4 Å². The van der Waals surface area contributed by atoms with E-state index < -0.39 is 5.97 Å². The summed E-state index contributed by atoms with van der Waals surface area (Å²) >= 11 is 5.58. The molecule has 7 nitrogen and oxygen atoms in total. The van der Waals surface area contributed by atoms with Gasteiger partial charge < -0.3 is 24.5 Å². The van der Waals surface area contributed by atoms with Crippen molar-refractivity contribution in [1.82, 2.24) is 15.2 Å². The molecule has 1 aliphatic heterocycles. The van der Waals surface area contributed by atoms with Crippen LogP contribution in [-0.2, 0) is 4.74 Å². The number of furan rings is 1.